The average molecular weight is 232 g/mol. The predicted molar refractivity (Wildman–Crippen MR) is 66.4 cm³/mol. The summed E-state index contributed by atoms with van der Waals surface area (Å²) in [6, 6.07) is 6.38. The second-order valence-electron chi connectivity index (χ2n) is 4.70. The van der Waals surface area contributed by atoms with Crippen molar-refractivity contribution in [3.8, 4) is 0 Å². The lowest BCUT2D eigenvalue weighted by Gasteiger charge is -2.36. The third-order valence-electron chi connectivity index (χ3n) is 3.38. The summed E-state index contributed by atoms with van der Waals surface area (Å²) in [6.45, 7) is 4.27. The summed E-state index contributed by atoms with van der Waals surface area (Å²) < 4.78 is 5.46. The maximum atomic E-state index is 11.8. The number of carbonyl (C=O) groups is 1. The fourth-order valence-corrected chi connectivity index (χ4v) is 2.56. The number of ether oxygens (including phenoxy) is 1. The highest BCUT2D eigenvalue weighted by Gasteiger charge is 2.30. The monoisotopic (exact) mass is 232 g/mol. The van der Waals surface area contributed by atoms with Crippen LogP contribution in [0.3, 0.4) is 0 Å². The summed E-state index contributed by atoms with van der Waals surface area (Å²) in [5.74, 6) is 0.0786. The molecule has 3 rings (SSSR count). The topological polar surface area (TPSA) is 41.6 Å². The van der Waals surface area contributed by atoms with Crippen LogP contribution < -0.4 is 10.2 Å². The first-order valence-electron chi connectivity index (χ1n) is 5.99. The largest absolute Gasteiger partial charge is 0.377 e. The third-order valence-corrected chi connectivity index (χ3v) is 3.38. The van der Waals surface area contributed by atoms with Crippen molar-refractivity contribution in [2.75, 3.05) is 30.0 Å². The molecule has 4 nitrogen and oxygen atoms in total. The van der Waals surface area contributed by atoms with Crippen molar-refractivity contribution < 1.29 is 9.53 Å². The summed E-state index contributed by atoms with van der Waals surface area (Å²) in [7, 11) is 0. The number of hydrogen-bond acceptors (Lipinski definition) is 3. The normalized spacial score (nSPS) is 23.5. The number of nitrogens with one attached hydrogen (secondary N) is 1. The van der Waals surface area contributed by atoms with Crippen molar-refractivity contribution in [3.05, 3.63) is 23.8 Å². The lowest BCUT2D eigenvalue weighted by atomic mass is 10.1. The highest BCUT2D eigenvalue weighted by atomic mass is 16.5. The standard InChI is InChI=1S/C13H16N2O2/c1-9-2-3-12-11(6-9)14-13(16)7-10-8-17-5-4-15(10)12/h2-3,6,10H,4-5,7-8H2,1H3,(H,14,16). The Labute approximate surface area is 101 Å². The van der Waals surface area contributed by atoms with E-state index in [1.54, 1.807) is 0 Å². The molecule has 1 amide bonds. The minimum atomic E-state index is 0.0786. The van der Waals surface area contributed by atoms with Gasteiger partial charge in [0.1, 0.15) is 0 Å². The molecule has 0 radical (unpaired) electrons. The molecule has 2 heterocycles. The summed E-state index contributed by atoms with van der Waals surface area (Å²) in [5, 5.41) is 2.98. The number of hydrogen-bond donors (Lipinski definition) is 1. The molecule has 17 heavy (non-hydrogen) atoms. The van der Waals surface area contributed by atoms with E-state index in [2.05, 4.69) is 22.3 Å². The van der Waals surface area contributed by atoms with E-state index in [0.29, 0.717) is 13.0 Å². The summed E-state index contributed by atoms with van der Waals surface area (Å²) in [4.78, 5) is 14.1. The summed E-state index contributed by atoms with van der Waals surface area (Å²) >= 11 is 0. The molecule has 1 N–H and O–H groups in total. The highest BCUT2D eigenvalue weighted by molar-refractivity contribution is 5.97. The quantitative estimate of drug-likeness (QED) is 0.737. The van der Waals surface area contributed by atoms with Crippen LogP contribution in [0.1, 0.15) is 12.0 Å². The molecule has 0 spiro atoms. The molecule has 2 aliphatic heterocycles. The zero-order valence-electron chi connectivity index (χ0n) is 9.90. The van der Waals surface area contributed by atoms with Crippen LogP contribution in [-0.4, -0.2) is 31.7 Å². The van der Waals surface area contributed by atoms with Crippen molar-refractivity contribution in [1.29, 1.82) is 0 Å². The first-order chi connectivity index (χ1) is 8.24. The molecule has 2 aliphatic rings. The van der Waals surface area contributed by atoms with E-state index >= 15 is 0 Å². The fraction of sp³-hybridized carbons (Fsp3) is 0.462. The zero-order valence-corrected chi connectivity index (χ0v) is 9.90. The Bertz CT molecular complexity index is 459. The van der Waals surface area contributed by atoms with Crippen molar-refractivity contribution >= 4 is 17.3 Å². The van der Waals surface area contributed by atoms with Gasteiger partial charge in [0.05, 0.1) is 30.6 Å². The number of aryl methyl sites for hydroxylation is 1. The molecule has 1 saturated heterocycles. The number of benzene rings is 1. The Balaban J connectivity index is 2.05. The van der Waals surface area contributed by atoms with Crippen LogP contribution in [0.2, 0.25) is 0 Å². The van der Waals surface area contributed by atoms with E-state index in [1.807, 2.05) is 13.0 Å². The SMILES string of the molecule is Cc1ccc2c(c1)NC(=O)CC1COCCN21. The molecule has 1 atom stereocenters. The average Bonchev–Trinajstić information content (AvgIpc) is 2.43. The second-order valence-corrected chi connectivity index (χ2v) is 4.70. The molecule has 4 heteroatoms. The van der Waals surface area contributed by atoms with Crippen LogP contribution in [0.5, 0.6) is 0 Å². The lowest BCUT2D eigenvalue weighted by molar-refractivity contribution is -0.116. The van der Waals surface area contributed by atoms with Crippen molar-refractivity contribution in [1.82, 2.24) is 0 Å². The smallest absolute Gasteiger partial charge is 0.226 e. The van der Waals surface area contributed by atoms with E-state index in [-0.39, 0.29) is 11.9 Å². The van der Waals surface area contributed by atoms with Gasteiger partial charge in [0.2, 0.25) is 5.91 Å². The Morgan fingerprint density at radius 2 is 2.35 bits per heavy atom. The molecule has 0 aliphatic carbocycles. The van der Waals surface area contributed by atoms with Gasteiger partial charge in [-0.05, 0) is 24.6 Å². The van der Waals surface area contributed by atoms with Crippen LogP contribution >= 0.6 is 0 Å². The van der Waals surface area contributed by atoms with Gasteiger partial charge in [-0.3, -0.25) is 4.79 Å². The molecule has 1 aromatic carbocycles. The number of carbonyl (C=O) groups excluding carboxylic acids is 1. The van der Waals surface area contributed by atoms with Gasteiger partial charge >= 0.3 is 0 Å². The predicted octanol–water partition coefficient (Wildman–Crippen LogP) is 1.54. The number of amides is 1. The van der Waals surface area contributed by atoms with Crippen molar-refractivity contribution in [3.63, 3.8) is 0 Å². The molecule has 1 unspecified atom stereocenters. The fourth-order valence-electron chi connectivity index (χ4n) is 2.56. The number of anilines is 2. The third kappa shape index (κ3) is 1.89. The van der Waals surface area contributed by atoms with Gasteiger partial charge in [0.15, 0.2) is 0 Å². The Kier molecular flexibility index (Phi) is 2.52. The molecule has 0 bridgehead atoms. The first kappa shape index (κ1) is 10.6. The van der Waals surface area contributed by atoms with Crippen molar-refractivity contribution in [2.24, 2.45) is 0 Å². The van der Waals surface area contributed by atoms with E-state index < -0.39 is 0 Å². The number of fused-ring (bicyclic) bond motifs is 3. The van der Waals surface area contributed by atoms with Crippen LogP contribution in [0, 0.1) is 6.92 Å². The van der Waals surface area contributed by atoms with Gasteiger partial charge in [-0.1, -0.05) is 6.07 Å². The maximum absolute atomic E-state index is 11.8. The number of morpholine rings is 1. The molecular weight excluding hydrogens is 216 g/mol. The van der Waals surface area contributed by atoms with Gasteiger partial charge in [0, 0.05) is 13.0 Å². The Morgan fingerprint density at radius 3 is 3.24 bits per heavy atom. The van der Waals surface area contributed by atoms with Crippen LogP contribution in [-0.2, 0) is 9.53 Å². The molecule has 0 aromatic heterocycles. The second kappa shape index (κ2) is 4.04. The van der Waals surface area contributed by atoms with Crippen LogP contribution in [0.25, 0.3) is 0 Å². The van der Waals surface area contributed by atoms with Gasteiger partial charge in [0.25, 0.3) is 0 Å². The van der Waals surface area contributed by atoms with Gasteiger partial charge in [-0.25, -0.2) is 0 Å². The molecule has 1 fully saturated rings. The van der Waals surface area contributed by atoms with E-state index in [0.717, 1.165) is 30.1 Å². The Morgan fingerprint density at radius 1 is 1.47 bits per heavy atom. The van der Waals surface area contributed by atoms with E-state index in [1.165, 1.54) is 0 Å². The van der Waals surface area contributed by atoms with Gasteiger partial charge in [-0.15, -0.1) is 0 Å². The van der Waals surface area contributed by atoms with Gasteiger partial charge < -0.3 is 15.0 Å². The first-order valence-corrected chi connectivity index (χ1v) is 5.99. The summed E-state index contributed by atoms with van der Waals surface area (Å²) in [5.41, 5.74) is 3.21. The highest BCUT2D eigenvalue weighted by Crippen LogP contribution is 2.33. The van der Waals surface area contributed by atoms with Gasteiger partial charge in [-0.2, -0.15) is 0 Å². The lowest BCUT2D eigenvalue weighted by Crippen LogP contribution is -2.45. The van der Waals surface area contributed by atoms with Crippen LogP contribution in [0.15, 0.2) is 18.2 Å². The number of rotatable bonds is 0. The summed E-state index contributed by atoms with van der Waals surface area (Å²) in [6.07, 6.45) is 0.508. The van der Waals surface area contributed by atoms with Crippen molar-refractivity contribution in [2.45, 2.75) is 19.4 Å². The Hall–Kier alpha value is -1.55. The molecule has 1 aromatic rings. The molecule has 90 valence electrons. The van der Waals surface area contributed by atoms with Crippen LogP contribution in [0.4, 0.5) is 11.4 Å². The minimum Gasteiger partial charge on any atom is -0.377 e. The maximum Gasteiger partial charge on any atom is 0.226 e. The van der Waals surface area contributed by atoms with E-state index in [9.17, 15) is 4.79 Å². The number of nitrogens with zero attached hydrogens (tertiary/aromatic N) is 1. The molecular formula is C13H16N2O2. The van der Waals surface area contributed by atoms with E-state index in [4.69, 9.17) is 4.74 Å². The minimum absolute atomic E-state index is 0.0786. The molecule has 0 saturated carbocycles. The zero-order chi connectivity index (χ0) is 11.8.